The first-order chi connectivity index (χ1) is 14.0. The SMILES string of the molecule is Cc1nc(SC(C)C(=O)Nc2ccc(F)cc2)c2cc(-c3ccccc3)sc2n1. The molecule has 0 aliphatic carbocycles. The summed E-state index contributed by atoms with van der Waals surface area (Å²) < 4.78 is 13.1. The van der Waals surface area contributed by atoms with Crippen LogP contribution in [0.3, 0.4) is 0 Å². The maximum Gasteiger partial charge on any atom is 0.237 e. The van der Waals surface area contributed by atoms with Gasteiger partial charge in [0.2, 0.25) is 5.91 Å². The number of fused-ring (bicyclic) bond motifs is 1. The zero-order valence-corrected chi connectivity index (χ0v) is 17.5. The second kappa shape index (κ2) is 8.31. The van der Waals surface area contributed by atoms with Crippen molar-refractivity contribution in [1.82, 2.24) is 9.97 Å². The van der Waals surface area contributed by atoms with Gasteiger partial charge in [-0.15, -0.1) is 11.3 Å². The highest BCUT2D eigenvalue weighted by Gasteiger charge is 2.19. The molecule has 2 aromatic carbocycles. The fourth-order valence-corrected chi connectivity index (χ4v) is 4.94. The molecule has 4 nitrogen and oxygen atoms in total. The lowest BCUT2D eigenvalue weighted by atomic mass is 10.2. The summed E-state index contributed by atoms with van der Waals surface area (Å²) in [6, 6.07) is 18.0. The summed E-state index contributed by atoms with van der Waals surface area (Å²) in [5.74, 6) is 0.174. The van der Waals surface area contributed by atoms with Gasteiger partial charge in [0.15, 0.2) is 0 Å². The van der Waals surface area contributed by atoms with Crippen LogP contribution in [0, 0.1) is 12.7 Å². The number of aryl methyl sites for hydroxylation is 1. The zero-order valence-electron chi connectivity index (χ0n) is 15.8. The minimum absolute atomic E-state index is 0.162. The number of aromatic nitrogens is 2. The van der Waals surface area contributed by atoms with Crippen molar-refractivity contribution in [2.45, 2.75) is 24.1 Å². The minimum Gasteiger partial charge on any atom is -0.325 e. The second-order valence-corrected chi connectivity index (χ2v) is 8.89. The lowest BCUT2D eigenvalue weighted by Crippen LogP contribution is -2.22. The van der Waals surface area contributed by atoms with Gasteiger partial charge in [-0.3, -0.25) is 4.79 Å². The number of thiophene rings is 1. The Balaban J connectivity index is 1.58. The number of thioether (sulfide) groups is 1. The number of hydrogen-bond acceptors (Lipinski definition) is 5. The van der Waals surface area contributed by atoms with Gasteiger partial charge >= 0.3 is 0 Å². The molecule has 0 fully saturated rings. The molecule has 2 aromatic heterocycles. The van der Waals surface area contributed by atoms with Gasteiger partial charge in [0.1, 0.15) is 21.5 Å². The fraction of sp³-hybridized carbons (Fsp3) is 0.136. The van der Waals surface area contributed by atoms with Gasteiger partial charge in [-0.1, -0.05) is 42.1 Å². The average molecular weight is 424 g/mol. The summed E-state index contributed by atoms with van der Waals surface area (Å²) >= 11 is 3.01. The molecule has 4 rings (SSSR count). The van der Waals surface area contributed by atoms with Crippen molar-refractivity contribution in [2.75, 3.05) is 5.32 Å². The number of hydrogen-bond donors (Lipinski definition) is 1. The minimum atomic E-state index is -0.377. The lowest BCUT2D eigenvalue weighted by molar-refractivity contribution is -0.115. The van der Waals surface area contributed by atoms with Crippen LogP contribution < -0.4 is 5.32 Å². The standard InChI is InChI=1S/C22H18FN3OS2/c1-13(20(27)26-17-10-8-16(23)9-11-17)28-21-18-12-19(15-6-4-3-5-7-15)29-22(18)25-14(2)24-21/h3-13H,1-2H3,(H,26,27). The highest BCUT2D eigenvalue weighted by Crippen LogP contribution is 2.37. The topological polar surface area (TPSA) is 54.9 Å². The van der Waals surface area contributed by atoms with Crippen LogP contribution in [0.25, 0.3) is 20.7 Å². The summed E-state index contributed by atoms with van der Waals surface area (Å²) in [4.78, 5) is 23.8. The van der Waals surface area contributed by atoms with Crippen molar-refractivity contribution in [2.24, 2.45) is 0 Å². The maximum absolute atomic E-state index is 13.1. The monoisotopic (exact) mass is 423 g/mol. The van der Waals surface area contributed by atoms with E-state index in [4.69, 9.17) is 0 Å². The first-order valence-electron chi connectivity index (χ1n) is 9.06. The summed E-state index contributed by atoms with van der Waals surface area (Å²) in [6.45, 7) is 3.69. The van der Waals surface area contributed by atoms with E-state index in [0.717, 1.165) is 25.7 Å². The van der Waals surface area contributed by atoms with E-state index in [1.807, 2.05) is 32.0 Å². The zero-order chi connectivity index (χ0) is 20.4. The van der Waals surface area contributed by atoms with E-state index >= 15 is 0 Å². The number of nitrogens with zero attached hydrogens (tertiary/aromatic N) is 2. The number of rotatable bonds is 5. The van der Waals surface area contributed by atoms with Crippen molar-refractivity contribution in [3.63, 3.8) is 0 Å². The van der Waals surface area contributed by atoms with E-state index in [-0.39, 0.29) is 17.0 Å². The predicted molar refractivity (Wildman–Crippen MR) is 118 cm³/mol. The molecule has 146 valence electrons. The number of amides is 1. The molecule has 7 heteroatoms. The maximum atomic E-state index is 13.1. The van der Waals surface area contributed by atoms with Crippen LogP contribution in [0.15, 0.2) is 65.7 Å². The Morgan fingerprint density at radius 3 is 2.55 bits per heavy atom. The molecule has 0 saturated heterocycles. The third kappa shape index (κ3) is 4.46. The van der Waals surface area contributed by atoms with Gasteiger partial charge in [-0.25, -0.2) is 14.4 Å². The van der Waals surface area contributed by atoms with Crippen LogP contribution in [-0.2, 0) is 4.79 Å². The molecule has 1 unspecified atom stereocenters. The molecule has 0 radical (unpaired) electrons. The van der Waals surface area contributed by atoms with Gasteiger partial charge in [0, 0.05) is 16.0 Å². The number of anilines is 1. The first-order valence-corrected chi connectivity index (χ1v) is 10.8. The number of carbonyl (C=O) groups excluding carboxylic acids is 1. The molecule has 1 atom stereocenters. The molecule has 0 saturated carbocycles. The van der Waals surface area contributed by atoms with Crippen molar-refractivity contribution >= 4 is 44.9 Å². The summed E-state index contributed by atoms with van der Waals surface area (Å²) in [5.41, 5.74) is 1.70. The fourth-order valence-electron chi connectivity index (χ4n) is 2.83. The smallest absolute Gasteiger partial charge is 0.237 e. The summed E-state index contributed by atoms with van der Waals surface area (Å²) in [6.07, 6.45) is 0. The molecule has 1 amide bonds. The lowest BCUT2D eigenvalue weighted by Gasteiger charge is -2.12. The van der Waals surface area contributed by atoms with Crippen LogP contribution in [-0.4, -0.2) is 21.1 Å². The van der Waals surface area contributed by atoms with E-state index in [1.54, 1.807) is 23.5 Å². The molecule has 0 bridgehead atoms. The Kier molecular flexibility index (Phi) is 5.60. The van der Waals surface area contributed by atoms with Crippen molar-refractivity contribution in [3.05, 3.63) is 72.3 Å². The molecule has 1 N–H and O–H groups in total. The second-order valence-electron chi connectivity index (χ2n) is 6.53. The Labute approximate surface area is 176 Å². The van der Waals surface area contributed by atoms with Gasteiger partial charge in [0.05, 0.1) is 5.25 Å². The average Bonchev–Trinajstić information content (AvgIpc) is 3.14. The van der Waals surface area contributed by atoms with E-state index < -0.39 is 0 Å². The van der Waals surface area contributed by atoms with E-state index in [0.29, 0.717) is 11.5 Å². The molecule has 0 spiro atoms. The Hall–Kier alpha value is -2.77. The van der Waals surface area contributed by atoms with E-state index in [2.05, 4.69) is 33.5 Å². The predicted octanol–water partition coefficient (Wildman–Crippen LogP) is 5.93. The van der Waals surface area contributed by atoms with Crippen molar-refractivity contribution < 1.29 is 9.18 Å². The van der Waals surface area contributed by atoms with E-state index in [9.17, 15) is 9.18 Å². The summed E-state index contributed by atoms with van der Waals surface area (Å²) in [5, 5.41) is 4.17. The Morgan fingerprint density at radius 2 is 1.83 bits per heavy atom. The third-order valence-corrected chi connectivity index (χ3v) is 6.48. The molecule has 4 aromatic rings. The number of carbonyl (C=O) groups is 1. The first kappa shape index (κ1) is 19.5. The molecule has 0 aliphatic heterocycles. The summed E-state index contributed by atoms with van der Waals surface area (Å²) in [7, 11) is 0. The van der Waals surface area contributed by atoms with Crippen LogP contribution in [0.1, 0.15) is 12.7 Å². The quantitative estimate of drug-likeness (QED) is 0.319. The van der Waals surface area contributed by atoms with Gasteiger partial charge in [0.25, 0.3) is 0 Å². The normalized spacial score (nSPS) is 12.1. The molecular formula is C22H18FN3OS2. The van der Waals surface area contributed by atoms with Crippen LogP contribution in [0.2, 0.25) is 0 Å². The van der Waals surface area contributed by atoms with Crippen molar-refractivity contribution in [1.29, 1.82) is 0 Å². The van der Waals surface area contributed by atoms with Crippen molar-refractivity contribution in [3.8, 4) is 10.4 Å². The van der Waals surface area contributed by atoms with Gasteiger partial charge < -0.3 is 5.32 Å². The van der Waals surface area contributed by atoms with Gasteiger partial charge in [-0.05, 0) is 49.7 Å². The van der Waals surface area contributed by atoms with Crippen LogP contribution in [0.4, 0.5) is 10.1 Å². The molecular weight excluding hydrogens is 405 g/mol. The Bertz CT molecular complexity index is 1160. The third-order valence-electron chi connectivity index (χ3n) is 4.30. The molecule has 0 aliphatic rings. The van der Waals surface area contributed by atoms with Crippen LogP contribution >= 0.6 is 23.1 Å². The van der Waals surface area contributed by atoms with Gasteiger partial charge in [-0.2, -0.15) is 0 Å². The molecule has 29 heavy (non-hydrogen) atoms. The van der Waals surface area contributed by atoms with Crippen LogP contribution in [0.5, 0.6) is 0 Å². The highest BCUT2D eigenvalue weighted by molar-refractivity contribution is 8.00. The number of halogens is 1. The Morgan fingerprint density at radius 1 is 1.10 bits per heavy atom. The van der Waals surface area contributed by atoms with E-state index in [1.165, 1.54) is 23.9 Å². The number of nitrogens with one attached hydrogen (secondary N) is 1. The largest absolute Gasteiger partial charge is 0.325 e. The molecule has 2 heterocycles. The number of benzene rings is 2. The highest BCUT2D eigenvalue weighted by atomic mass is 32.2.